The quantitative estimate of drug-likeness (QED) is 0.310. The van der Waals surface area contributed by atoms with Crippen LogP contribution in [-0.4, -0.2) is 4.98 Å². The Morgan fingerprint density at radius 1 is 0.871 bits per heavy atom. The van der Waals surface area contributed by atoms with Crippen molar-refractivity contribution in [2.45, 2.75) is 27.7 Å². The van der Waals surface area contributed by atoms with Crippen LogP contribution in [0.15, 0.2) is 59.3 Å². The number of halogens is 1. The molecule has 5 rings (SSSR count). The van der Waals surface area contributed by atoms with Crippen LogP contribution in [0.2, 0.25) is 0 Å². The number of fused-ring (bicyclic) bond motifs is 3. The summed E-state index contributed by atoms with van der Waals surface area (Å²) in [5.41, 5.74) is 10.1. The molecule has 0 N–H and O–H groups in total. The normalized spacial score (nSPS) is 11.5. The molecule has 2 aromatic heterocycles. The van der Waals surface area contributed by atoms with E-state index < -0.39 is 0 Å². The molecule has 0 spiro atoms. The Hall–Kier alpha value is -3.53. The van der Waals surface area contributed by atoms with Gasteiger partial charge in [0.1, 0.15) is 22.7 Å². The van der Waals surface area contributed by atoms with Gasteiger partial charge in [0.25, 0.3) is 6.33 Å². The van der Waals surface area contributed by atoms with Gasteiger partial charge >= 0.3 is 0 Å². The first-order valence-corrected chi connectivity index (χ1v) is 10.4. The molecular formula is C27H24FN2O+. The first-order valence-electron chi connectivity index (χ1n) is 10.4. The highest BCUT2D eigenvalue weighted by Crippen LogP contribution is 2.39. The zero-order chi connectivity index (χ0) is 21.9. The molecule has 0 fully saturated rings. The van der Waals surface area contributed by atoms with Crippen LogP contribution >= 0.6 is 0 Å². The lowest BCUT2D eigenvalue weighted by molar-refractivity contribution is -0.663. The summed E-state index contributed by atoms with van der Waals surface area (Å²) in [4.78, 5) is 4.69. The molecule has 0 aliphatic heterocycles. The highest BCUT2D eigenvalue weighted by molar-refractivity contribution is 6.10. The summed E-state index contributed by atoms with van der Waals surface area (Å²) in [6.45, 7) is 8.41. The Balaban J connectivity index is 1.83. The second kappa shape index (κ2) is 7.02. The number of aryl methyl sites for hydroxylation is 4. The molecule has 0 atom stereocenters. The van der Waals surface area contributed by atoms with Crippen LogP contribution in [0.4, 0.5) is 4.39 Å². The molecule has 5 aromatic rings. The fraction of sp³-hybridized carbons (Fsp3) is 0.185. The molecule has 3 nitrogen and oxygen atoms in total. The van der Waals surface area contributed by atoms with Gasteiger partial charge in [-0.05, 0) is 74.1 Å². The standard InChI is InChI=1S/C27H24FN2O/c1-15-8-16(2)10-19(9-15)23-13-24(30(5)14-29-23)26-18(4)17(3)11-22-21-7-6-20(28)12-25(21)31-27(22)26/h6-14H,1-5H3/q+1. The SMILES string of the molecule is Cc1cc(C)cc(-c2cc(-c3c(C)c(C)cc4c3oc3cc(F)ccc34)[n+](C)cn2)c1. The third-order valence-electron chi connectivity index (χ3n) is 6.04. The van der Waals surface area contributed by atoms with E-state index in [4.69, 9.17) is 4.42 Å². The minimum absolute atomic E-state index is 0.298. The summed E-state index contributed by atoms with van der Waals surface area (Å²) in [7, 11) is 1.99. The maximum absolute atomic E-state index is 13.8. The van der Waals surface area contributed by atoms with E-state index in [1.54, 1.807) is 6.07 Å². The van der Waals surface area contributed by atoms with Gasteiger partial charge in [-0.3, -0.25) is 0 Å². The van der Waals surface area contributed by atoms with Gasteiger partial charge in [-0.2, -0.15) is 0 Å². The van der Waals surface area contributed by atoms with Gasteiger partial charge in [0, 0.05) is 28.5 Å². The Morgan fingerprint density at radius 2 is 1.61 bits per heavy atom. The molecular weight excluding hydrogens is 387 g/mol. The molecule has 0 unspecified atom stereocenters. The highest BCUT2D eigenvalue weighted by Gasteiger charge is 2.22. The number of nitrogens with zero attached hydrogens (tertiary/aromatic N) is 2. The molecule has 154 valence electrons. The number of benzene rings is 3. The minimum Gasteiger partial charge on any atom is -0.455 e. The summed E-state index contributed by atoms with van der Waals surface area (Å²) in [6, 6.07) is 15.4. The van der Waals surface area contributed by atoms with Crippen molar-refractivity contribution in [3.05, 3.63) is 82.9 Å². The summed E-state index contributed by atoms with van der Waals surface area (Å²) < 4.78 is 22.1. The van der Waals surface area contributed by atoms with E-state index in [9.17, 15) is 4.39 Å². The topological polar surface area (TPSA) is 29.9 Å². The summed E-state index contributed by atoms with van der Waals surface area (Å²) in [5, 5.41) is 1.92. The van der Waals surface area contributed by atoms with Crippen LogP contribution in [0.3, 0.4) is 0 Å². The first-order chi connectivity index (χ1) is 14.8. The fourth-order valence-corrected chi connectivity index (χ4v) is 4.43. The highest BCUT2D eigenvalue weighted by atomic mass is 19.1. The van der Waals surface area contributed by atoms with Gasteiger partial charge in [-0.25, -0.2) is 8.96 Å². The van der Waals surface area contributed by atoms with E-state index in [1.165, 1.54) is 28.8 Å². The first kappa shape index (κ1) is 19.4. The van der Waals surface area contributed by atoms with Crippen LogP contribution < -0.4 is 4.57 Å². The van der Waals surface area contributed by atoms with Crippen molar-refractivity contribution in [1.29, 1.82) is 0 Å². The zero-order valence-corrected chi connectivity index (χ0v) is 18.4. The van der Waals surface area contributed by atoms with Crippen LogP contribution in [0.25, 0.3) is 44.5 Å². The average molecular weight is 412 g/mol. The predicted molar refractivity (Wildman–Crippen MR) is 122 cm³/mol. The van der Waals surface area contributed by atoms with Gasteiger partial charge in [0.15, 0.2) is 5.69 Å². The van der Waals surface area contributed by atoms with Crippen molar-refractivity contribution in [3.8, 4) is 22.5 Å². The lowest BCUT2D eigenvalue weighted by atomic mass is 9.95. The largest absolute Gasteiger partial charge is 0.455 e. The number of hydrogen-bond donors (Lipinski definition) is 0. The third kappa shape index (κ3) is 3.19. The van der Waals surface area contributed by atoms with Crippen LogP contribution in [0, 0.1) is 33.5 Å². The molecule has 0 saturated heterocycles. The van der Waals surface area contributed by atoms with Gasteiger partial charge in [0.05, 0.1) is 12.6 Å². The van der Waals surface area contributed by atoms with Crippen molar-refractivity contribution >= 4 is 21.9 Å². The monoisotopic (exact) mass is 411 g/mol. The van der Waals surface area contributed by atoms with Crippen LogP contribution in [0.5, 0.6) is 0 Å². The van der Waals surface area contributed by atoms with E-state index in [1.807, 2.05) is 17.9 Å². The number of hydrogen-bond acceptors (Lipinski definition) is 2. The van der Waals surface area contributed by atoms with Crippen molar-refractivity contribution in [2.75, 3.05) is 0 Å². The molecule has 0 bridgehead atoms. The van der Waals surface area contributed by atoms with Crippen molar-refractivity contribution in [1.82, 2.24) is 4.98 Å². The molecule has 0 radical (unpaired) electrons. The van der Waals surface area contributed by atoms with Gasteiger partial charge in [-0.1, -0.05) is 17.2 Å². The molecule has 0 aliphatic carbocycles. The fourth-order valence-electron chi connectivity index (χ4n) is 4.43. The molecule has 0 aliphatic rings. The molecule has 4 heteroatoms. The lowest BCUT2D eigenvalue weighted by Gasteiger charge is -2.11. The van der Waals surface area contributed by atoms with Crippen molar-refractivity contribution < 1.29 is 13.4 Å². The Labute approximate surface area is 180 Å². The zero-order valence-electron chi connectivity index (χ0n) is 18.4. The molecule has 2 heterocycles. The van der Waals surface area contributed by atoms with E-state index >= 15 is 0 Å². The Kier molecular flexibility index (Phi) is 4.40. The van der Waals surface area contributed by atoms with Crippen LogP contribution in [0.1, 0.15) is 22.3 Å². The molecule has 0 saturated carbocycles. The van der Waals surface area contributed by atoms with E-state index in [0.29, 0.717) is 5.58 Å². The Morgan fingerprint density at radius 3 is 2.35 bits per heavy atom. The lowest BCUT2D eigenvalue weighted by Crippen LogP contribution is -2.31. The number of aromatic nitrogens is 2. The summed E-state index contributed by atoms with van der Waals surface area (Å²) in [5.74, 6) is -0.298. The average Bonchev–Trinajstić information content (AvgIpc) is 3.05. The maximum Gasteiger partial charge on any atom is 0.287 e. The van der Waals surface area contributed by atoms with E-state index in [0.717, 1.165) is 44.4 Å². The second-order valence-corrected chi connectivity index (χ2v) is 8.46. The van der Waals surface area contributed by atoms with Gasteiger partial charge in [-0.15, -0.1) is 0 Å². The van der Waals surface area contributed by atoms with Gasteiger partial charge < -0.3 is 4.42 Å². The molecule has 0 amide bonds. The van der Waals surface area contributed by atoms with E-state index in [2.05, 4.69) is 63.0 Å². The predicted octanol–water partition coefficient (Wildman–Crippen LogP) is 6.51. The second-order valence-electron chi connectivity index (χ2n) is 8.46. The van der Waals surface area contributed by atoms with E-state index in [-0.39, 0.29) is 5.82 Å². The van der Waals surface area contributed by atoms with Crippen molar-refractivity contribution in [2.24, 2.45) is 7.05 Å². The molecule has 3 aromatic carbocycles. The molecule has 31 heavy (non-hydrogen) atoms. The summed E-state index contributed by atoms with van der Waals surface area (Å²) >= 11 is 0. The van der Waals surface area contributed by atoms with Crippen molar-refractivity contribution in [3.63, 3.8) is 0 Å². The maximum atomic E-state index is 13.8. The smallest absolute Gasteiger partial charge is 0.287 e. The number of furan rings is 1. The third-order valence-corrected chi connectivity index (χ3v) is 6.04. The summed E-state index contributed by atoms with van der Waals surface area (Å²) in [6.07, 6.45) is 1.85. The minimum atomic E-state index is -0.298. The Bertz CT molecular complexity index is 1480. The van der Waals surface area contributed by atoms with Crippen LogP contribution in [-0.2, 0) is 7.05 Å². The number of rotatable bonds is 2. The van der Waals surface area contributed by atoms with Gasteiger partial charge in [0.2, 0.25) is 0 Å².